The van der Waals surface area contributed by atoms with Gasteiger partial charge < -0.3 is 5.32 Å². The Bertz CT molecular complexity index is 525. The first-order valence-electron chi connectivity index (χ1n) is 6.92. The van der Waals surface area contributed by atoms with Crippen molar-refractivity contribution in [2.24, 2.45) is 0 Å². The molecule has 0 saturated carbocycles. The van der Waals surface area contributed by atoms with E-state index in [-0.39, 0.29) is 0 Å². The van der Waals surface area contributed by atoms with Crippen LogP contribution < -0.4 is 5.32 Å². The second-order valence-electron chi connectivity index (χ2n) is 4.77. The molecule has 1 aromatic carbocycles. The standard InChI is InChI=1S/C16H19Cl2NS/c1-2-19-14(13-11-15(17)20-16(13)18)10-6-9-12-7-4-3-5-8-12/h3-5,7-8,11,14,19H,2,6,9-10H2,1H3. The van der Waals surface area contributed by atoms with E-state index >= 15 is 0 Å². The lowest BCUT2D eigenvalue weighted by atomic mass is 10.0. The highest BCUT2D eigenvalue weighted by molar-refractivity contribution is 7.20. The van der Waals surface area contributed by atoms with Crippen molar-refractivity contribution in [3.8, 4) is 0 Å². The Morgan fingerprint density at radius 3 is 2.55 bits per heavy atom. The molecule has 1 aromatic heterocycles. The number of aryl methyl sites for hydroxylation is 1. The van der Waals surface area contributed by atoms with Gasteiger partial charge in [0.15, 0.2) is 0 Å². The van der Waals surface area contributed by atoms with E-state index in [2.05, 4.69) is 42.6 Å². The zero-order valence-corrected chi connectivity index (χ0v) is 13.9. The molecule has 1 atom stereocenters. The third-order valence-electron chi connectivity index (χ3n) is 3.31. The van der Waals surface area contributed by atoms with Gasteiger partial charge in [-0.05, 0) is 37.4 Å². The van der Waals surface area contributed by atoms with E-state index in [1.807, 2.05) is 6.07 Å². The fraction of sp³-hybridized carbons (Fsp3) is 0.375. The van der Waals surface area contributed by atoms with Crippen molar-refractivity contribution < 1.29 is 0 Å². The Labute approximate surface area is 134 Å². The predicted octanol–water partition coefficient (Wildman–Crippen LogP) is 5.73. The number of hydrogen-bond acceptors (Lipinski definition) is 2. The summed E-state index contributed by atoms with van der Waals surface area (Å²) in [5.74, 6) is 0. The molecule has 0 aliphatic rings. The normalized spacial score (nSPS) is 12.6. The molecule has 1 nitrogen and oxygen atoms in total. The summed E-state index contributed by atoms with van der Waals surface area (Å²) in [6, 6.07) is 12.9. The van der Waals surface area contributed by atoms with Crippen LogP contribution >= 0.6 is 34.5 Å². The maximum atomic E-state index is 6.27. The minimum atomic E-state index is 0.292. The number of hydrogen-bond donors (Lipinski definition) is 1. The average molecular weight is 328 g/mol. The first kappa shape index (κ1) is 15.8. The van der Waals surface area contributed by atoms with Crippen LogP contribution in [0.15, 0.2) is 36.4 Å². The highest BCUT2D eigenvalue weighted by atomic mass is 35.5. The Morgan fingerprint density at radius 1 is 1.20 bits per heavy atom. The molecular formula is C16H19Cl2NS. The zero-order chi connectivity index (χ0) is 14.4. The number of thiophene rings is 1. The van der Waals surface area contributed by atoms with Crippen LogP contribution in [0.25, 0.3) is 0 Å². The van der Waals surface area contributed by atoms with Crippen LogP contribution in [0.1, 0.15) is 36.9 Å². The summed E-state index contributed by atoms with van der Waals surface area (Å²) < 4.78 is 1.57. The fourth-order valence-corrected chi connectivity index (χ4v) is 3.94. The summed E-state index contributed by atoms with van der Waals surface area (Å²) in [5, 5.41) is 3.50. The summed E-state index contributed by atoms with van der Waals surface area (Å²) in [5.41, 5.74) is 2.52. The third kappa shape index (κ3) is 4.49. The topological polar surface area (TPSA) is 12.0 Å². The first-order chi connectivity index (χ1) is 9.70. The molecule has 0 bridgehead atoms. The Morgan fingerprint density at radius 2 is 1.95 bits per heavy atom. The summed E-state index contributed by atoms with van der Waals surface area (Å²) in [6.45, 7) is 3.05. The Hall–Kier alpha value is -0.540. The molecule has 0 spiro atoms. The van der Waals surface area contributed by atoms with Gasteiger partial charge in [-0.15, -0.1) is 11.3 Å². The molecule has 1 unspecified atom stereocenters. The number of halogens is 2. The predicted molar refractivity (Wildman–Crippen MR) is 90.1 cm³/mol. The van der Waals surface area contributed by atoms with E-state index < -0.39 is 0 Å². The van der Waals surface area contributed by atoms with Gasteiger partial charge in [-0.3, -0.25) is 0 Å². The van der Waals surface area contributed by atoms with E-state index in [0.29, 0.717) is 6.04 Å². The minimum Gasteiger partial charge on any atom is -0.310 e. The lowest BCUT2D eigenvalue weighted by molar-refractivity contribution is 0.499. The van der Waals surface area contributed by atoms with Crippen LogP contribution in [-0.4, -0.2) is 6.54 Å². The van der Waals surface area contributed by atoms with Gasteiger partial charge in [0.05, 0.1) is 8.67 Å². The molecule has 108 valence electrons. The van der Waals surface area contributed by atoms with Crippen LogP contribution in [0.4, 0.5) is 0 Å². The highest BCUT2D eigenvalue weighted by Crippen LogP contribution is 2.36. The van der Waals surface area contributed by atoms with Crippen molar-refractivity contribution >= 4 is 34.5 Å². The molecule has 20 heavy (non-hydrogen) atoms. The largest absolute Gasteiger partial charge is 0.310 e. The van der Waals surface area contributed by atoms with Gasteiger partial charge in [-0.1, -0.05) is 60.5 Å². The van der Waals surface area contributed by atoms with Gasteiger partial charge in [0.2, 0.25) is 0 Å². The summed E-state index contributed by atoms with van der Waals surface area (Å²) in [6.07, 6.45) is 3.29. The average Bonchev–Trinajstić information content (AvgIpc) is 2.78. The van der Waals surface area contributed by atoms with Gasteiger partial charge in [-0.2, -0.15) is 0 Å². The van der Waals surface area contributed by atoms with Crippen LogP contribution in [0.3, 0.4) is 0 Å². The van der Waals surface area contributed by atoms with Gasteiger partial charge in [-0.25, -0.2) is 0 Å². The summed E-state index contributed by atoms with van der Waals surface area (Å²) in [7, 11) is 0. The molecule has 1 heterocycles. The lowest BCUT2D eigenvalue weighted by Gasteiger charge is -2.17. The third-order valence-corrected chi connectivity index (χ3v) is 4.83. The molecule has 1 N–H and O–H groups in total. The second kappa shape index (κ2) is 8.04. The van der Waals surface area contributed by atoms with Crippen LogP contribution in [-0.2, 0) is 6.42 Å². The molecule has 2 rings (SSSR count). The van der Waals surface area contributed by atoms with Crippen molar-refractivity contribution in [1.82, 2.24) is 5.32 Å². The van der Waals surface area contributed by atoms with Crippen LogP contribution in [0, 0.1) is 0 Å². The molecule has 0 fully saturated rings. The van der Waals surface area contributed by atoms with E-state index in [1.165, 1.54) is 16.9 Å². The molecule has 4 heteroatoms. The van der Waals surface area contributed by atoms with Gasteiger partial charge >= 0.3 is 0 Å². The summed E-state index contributed by atoms with van der Waals surface area (Å²) >= 11 is 13.8. The maximum absolute atomic E-state index is 6.27. The number of nitrogens with one attached hydrogen (secondary N) is 1. The Kier molecular flexibility index (Phi) is 6.37. The van der Waals surface area contributed by atoms with Crippen molar-refractivity contribution in [3.05, 3.63) is 56.2 Å². The van der Waals surface area contributed by atoms with Gasteiger partial charge in [0.25, 0.3) is 0 Å². The van der Waals surface area contributed by atoms with E-state index in [0.717, 1.165) is 40.0 Å². The smallest absolute Gasteiger partial charge is 0.0991 e. The molecule has 0 radical (unpaired) electrons. The van der Waals surface area contributed by atoms with Crippen molar-refractivity contribution in [2.45, 2.75) is 32.2 Å². The minimum absolute atomic E-state index is 0.292. The van der Waals surface area contributed by atoms with Gasteiger partial charge in [0.1, 0.15) is 0 Å². The lowest BCUT2D eigenvalue weighted by Crippen LogP contribution is -2.20. The molecular weight excluding hydrogens is 309 g/mol. The maximum Gasteiger partial charge on any atom is 0.0991 e. The van der Waals surface area contributed by atoms with Crippen molar-refractivity contribution in [2.75, 3.05) is 6.54 Å². The van der Waals surface area contributed by atoms with Crippen molar-refractivity contribution in [1.29, 1.82) is 0 Å². The van der Waals surface area contributed by atoms with Crippen molar-refractivity contribution in [3.63, 3.8) is 0 Å². The van der Waals surface area contributed by atoms with Crippen LogP contribution in [0.2, 0.25) is 8.67 Å². The summed E-state index contributed by atoms with van der Waals surface area (Å²) in [4.78, 5) is 0. The quantitative estimate of drug-likeness (QED) is 0.684. The molecule has 0 aliphatic heterocycles. The number of rotatable bonds is 7. The van der Waals surface area contributed by atoms with E-state index in [1.54, 1.807) is 0 Å². The SMILES string of the molecule is CCNC(CCCc1ccccc1)c1cc(Cl)sc1Cl. The van der Waals surface area contributed by atoms with Crippen LogP contribution in [0.5, 0.6) is 0 Å². The molecule has 0 saturated heterocycles. The zero-order valence-electron chi connectivity index (χ0n) is 11.5. The van der Waals surface area contributed by atoms with E-state index in [9.17, 15) is 0 Å². The van der Waals surface area contributed by atoms with Gasteiger partial charge in [0, 0.05) is 11.6 Å². The molecule has 2 aromatic rings. The Balaban J connectivity index is 1.94. The second-order valence-corrected chi connectivity index (χ2v) is 7.05. The number of benzene rings is 1. The first-order valence-corrected chi connectivity index (χ1v) is 8.50. The molecule has 0 aliphatic carbocycles. The van der Waals surface area contributed by atoms with E-state index in [4.69, 9.17) is 23.2 Å². The highest BCUT2D eigenvalue weighted by Gasteiger charge is 2.16. The molecule has 0 amide bonds. The monoisotopic (exact) mass is 327 g/mol. The fourth-order valence-electron chi connectivity index (χ4n) is 2.36.